The molecule has 144 valence electrons. The van der Waals surface area contributed by atoms with Gasteiger partial charge in [0.05, 0.1) is 13.5 Å². The van der Waals surface area contributed by atoms with E-state index in [1.165, 1.54) is 5.56 Å². The topological polar surface area (TPSA) is 64.6 Å². The molecule has 0 aliphatic heterocycles. The number of thioether (sulfide) groups is 1. The Morgan fingerprint density at radius 1 is 1.07 bits per heavy atom. The van der Waals surface area contributed by atoms with Gasteiger partial charge in [-0.3, -0.25) is 9.59 Å². The molecule has 2 aromatic rings. The highest BCUT2D eigenvalue weighted by Gasteiger charge is 2.08. The predicted octanol–water partition coefficient (Wildman–Crippen LogP) is 3.39. The van der Waals surface area contributed by atoms with Gasteiger partial charge in [-0.1, -0.05) is 35.9 Å². The molecule has 5 nitrogen and oxygen atoms in total. The number of carbonyl (C=O) groups is 2. The van der Waals surface area contributed by atoms with E-state index in [-0.39, 0.29) is 24.9 Å². The molecule has 0 saturated carbocycles. The monoisotopic (exact) mass is 387 g/mol. The van der Waals surface area contributed by atoms with Gasteiger partial charge in [0.25, 0.3) is 5.91 Å². The molecule has 0 aliphatic carbocycles. The number of para-hydroxylation sites is 1. The van der Waals surface area contributed by atoms with Gasteiger partial charge in [-0.05, 0) is 37.1 Å². The Kier molecular flexibility index (Phi) is 8.71. The molecular formula is C21H25NO4S. The van der Waals surface area contributed by atoms with Crippen LogP contribution in [0.4, 0.5) is 0 Å². The van der Waals surface area contributed by atoms with Gasteiger partial charge in [0.1, 0.15) is 5.75 Å². The molecule has 0 atom stereocenters. The zero-order valence-corrected chi connectivity index (χ0v) is 16.5. The van der Waals surface area contributed by atoms with Crippen molar-refractivity contribution >= 4 is 23.6 Å². The predicted molar refractivity (Wildman–Crippen MR) is 107 cm³/mol. The van der Waals surface area contributed by atoms with Crippen LogP contribution < -0.4 is 10.1 Å². The second kappa shape index (κ2) is 11.3. The minimum absolute atomic E-state index is 0.250. The third kappa shape index (κ3) is 7.74. The van der Waals surface area contributed by atoms with Crippen LogP contribution in [0, 0.1) is 6.92 Å². The van der Waals surface area contributed by atoms with Crippen molar-refractivity contribution in [3.63, 3.8) is 0 Å². The van der Waals surface area contributed by atoms with Crippen LogP contribution in [0.3, 0.4) is 0 Å². The lowest BCUT2D eigenvalue weighted by Crippen LogP contribution is -2.30. The summed E-state index contributed by atoms with van der Waals surface area (Å²) in [7, 11) is 1.62. The summed E-state index contributed by atoms with van der Waals surface area (Å²) < 4.78 is 10.3. The van der Waals surface area contributed by atoms with Crippen molar-refractivity contribution in [3.05, 3.63) is 59.7 Å². The second-order valence-electron chi connectivity index (χ2n) is 5.98. The number of hydrogen-bond acceptors (Lipinski definition) is 5. The minimum atomic E-state index is -0.366. The van der Waals surface area contributed by atoms with Crippen LogP contribution in [-0.4, -0.2) is 37.9 Å². The van der Waals surface area contributed by atoms with Crippen molar-refractivity contribution in [2.24, 2.45) is 0 Å². The summed E-state index contributed by atoms with van der Waals surface area (Å²) in [6.07, 6.45) is 0.921. The first-order valence-corrected chi connectivity index (χ1v) is 9.80. The van der Waals surface area contributed by atoms with E-state index in [0.29, 0.717) is 18.7 Å². The fraction of sp³-hybridized carbons (Fsp3) is 0.333. The fourth-order valence-corrected chi connectivity index (χ4v) is 3.24. The highest BCUT2D eigenvalue weighted by atomic mass is 32.2. The van der Waals surface area contributed by atoms with Crippen molar-refractivity contribution in [2.75, 3.05) is 26.0 Å². The van der Waals surface area contributed by atoms with Crippen LogP contribution in [-0.2, 0) is 20.7 Å². The number of rotatable bonds is 10. The third-order valence-corrected chi connectivity index (χ3v) is 4.88. The Morgan fingerprint density at radius 2 is 1.81 bits per heavy atom. The van der Waals surface area contributed by atoms with Crippen LogP contribution in [0.15, 0.2) is 53.4 Å². The highest BCUT2D eigenvalue weighted by molar-refractivity contribution is 7.99. The van der Waals surface area contributed by atoms with E-state index in [0.717, 1.165) is 16.2 Å². The maximum absolute atomic E-state index is 11.8. The van der Waals surface area contributed by atoms with Crippen LogP contribution >= 0.6 is 11.8 Å². The van der Waals surface area contributed by atoms with E-state index >= 15 is 0 Å². The first-order chi connectivity index (χ1) is 13.1. The van der Waals surface area contributed by atoms with Gasteiger partial charge in [-0.25, -0.2) is 0 Å². The number of carbonyl (C=O) groups excluding carboxylic acids is 2. The number of aryl methyl sites for hydroxylation is 1. The summed E-state index contributed by atoms with van der Waals surface area (Å²) in [4.78, 5) is 24.6. The van der Waals surface area contributed by atoms with Crippen molar-refractivity contribution in [2.45, 2.75) is 24.7 Å². The molecular weight excluding hydrogens is 362 g/mol. The van der Waals surface area contributed by atoms with Crippen molar-refractivity contribution in [1.82, 2.24) is 5.32 Å². The molecule has 6 heteroatoms. The molecule has 2 rings (SSSR count). The molecule has 0 bridgehead atoms. The summed E-state index contributed by atoms with van der Waals surface area (Å²) in [6.45, 7) is 2.24. The third-order valence-electron chi connectivity index (χ3n) is 3.87. The van der Waals surface area contributed by atoms with Gasteiger partial charge < -0.3 is 14.8 Å². The maximum atomic E-state index is 11.8. The number of methoxy groups -OCH3 is 1. The Bertz CT molecular complexity index is 746. The Hall–Kier alpha value is -2.47. The largest absolute Gasteiger partial charge is 0.496 e. The molecule has 1 N–H and O–H groups in total. The Balaban J connectivity index is 1.59. The summed E-state index contributed by atoms with van der Waals surface area (Å²) in [6, 6.07) is 15.8. The average molecular weight is 388 g/mol. The van der Waals surface area contributed by atoms with E-state index in [1.807, 2.05) is 55.5 Å². The number of nitrogens with one attached hydrogen (secondary N) is 1. The van der Waals surface area contributed by atoms with Crippen LogP contribution in [0.5, 0.6) is 5.75 Å². The average Bonchev–Trinajstić information content (AvgIpc) is 2.68. The molecule has 27 heavy (non-hydrogen) atoms. The first-order valence-electron chi connectivity index (χ1n) is 8.82. The summed E-state index contributed by atoms with van der Waals surface area (Å²) in [5, 5.41) is 2.75. The van der Waals surface area contributed by atoms with Crippen LogP contribution in [0.25, 0.3) is 0 Å². The standard InChI is InChI=1S/C21H25NO4S/c1-16-7-9-18(10-8-16)27-14-12-21(24)26-15-20(23)22-13-11-17-5-3-4-6-19(17)25-2/h3-10H,11-15H2,1-2H3,(H,22,23). The number of benzene rings is 2. The summed E-state index contributed by atoms with van der Waals surface area (Å²) >= 11 is 1.59. The number of esters is 1. The summed E-state index contributed by atoms with van der Waals surface area (Å²) in [5.41, 5.74) is 2.22. The minimum Gasteiger partial charge on any atom is -0.496 e. The van der Waals surface area contributed by atoms with E-state index in [2.05, 4.69) is 5.32 Å². The van der Waals surface area contributed by atoms with Crippen LogP contribution in [0.1, 0.15) is 17.5 Å². The van der Waals surface area contributed by atoms with E-state index < -0.39 is 0 Å². The molecule has 2 aromatic carbocycles. The molecule has 0 heterocycles. The van der Waals surface area contributed by atoms with Gasteiger partial charge >= 0.3 is 5.97 Å². The first kappa shape index (κ1) is 20.8. The smallest absolute Gasteiger partial charge is 0.307 e. The lowest BCUT2D eigenvalue weighted by atomic mass is 10.1. The van der Waals surface area contributed by atoms with Crippen molar-refractivity contribution < 1.29 is 19.1 Å². The highest BCUT2D eigenvalue weighted by Crippen LogP contribution is 2.19. The molecule has 0 fully saturated rings. The lowest BCUT2D eigenvalue weighted by molar-refractivity contribution is -0.148. The fourth-order valence-electron chi connectivity index (χ4n) is 2.40. The lowest BCUT2D eigenvalue weighted by Gasteiger charge is -2.09. The molecule has 1 amide bonds. The number of hydrogen-bond donors (Lipinski definition) is 1. The Labute approximate surface area is 164 Å². The van der Waals surface area contributed by atoms with E-state index in [1.54, 1.807) is 18.9 Å². The Morgan fingerprint density at radius 3 is 2.56 bits per heavy atom. The SMILES string of the molecule is COc1ccccc1CCNC(=O)COC(=O)CCSc1ccc(C)cc1. The van der Waals surface area contributed by atoms with E-state index in [4.69, 9.17) is 9.47 Å². The van der Waals surface area contributed by atoms with Crippen molar-refractivity contribution in [1.29, 1.82) is 0 Å². The number of ether oxygens (including phenoxy) is 2. The molecule has 0 saturated heterocycles. The molecule has 0 aromatic heterocycles. The zero-order chi connectivity index (χ0) is 19.5. The van der Waals surface area contributed by atoms with Gasteiger partial charge in [-0.2, -0.15) is 0 Å². The maximum Gasteiger partial charge on any atom is 0.307 e. The van der Waals surface area contributed by atoms with Gasteiger partial charge in [0.2, 0.25) is 0 Å². The van der Waals surface area contributed by atoms with Gasteiger partial charge in [0, 0.05) is 17.2 Å². The van der Waals surface area contributed by atoms with Crippen LogP contribution in [0.2, 0.25) is 0 Å². The normalized spacial score (nSPS) is 10.3. The summed E-state index contributed by atoms with van der Waals surface area (Å²) in [5.74, 6) is 0.750. The van der Waals surface area contributed by atoms with Gasteiger partial charge in [0.15, 0.2) is 6.61 Å². The van der Waals surface area contributed by atoms with Gasteiger partial charge in [-0.15, -0.1) is 11.8 Å². The van der Waals surface area contributed by atoms with E-state index in [9.17, 15) is 9.59 Å². The molecule has 0 spiro atoms. The molecule has 0 radical (unpaired) electrons. The molecule has 0 aliphatic rings. The second-order valence-corrected chi connectivity index (χ2v) is 7.15. The molecule has 0 unspecified atom stereocenters. The van der Waals surface area contributed by atoms with Crippen molar-refractivity contribution in [3.8, 4) is 5.75 Å². The zero-order valence-electron chi connectivity index (χ0n) is 15.7. The number of amides is 1. The quantitative estimate of drug-likeness (QED) is 0.500.